The molecule has 32 heavy (non-hydrogen) atoms. The quantitative estimate of drug-likeness (QED) is 0.180. The normalized spacial score (nSPS) is 22.8. The van der Waals surface area contributed by atoms with E-state index in [2.05, 4.69) is 6.58 Å². The van der Waals surface area contributed by atoms with Crippen LogP contribution in [0.4, 0.5) is 5.69 Å². The van der Waals surface area contributed by atoms with Crippen molar-refractivity contribution < 1.29 is 19.4 Å². The second kappa shape index (κ2) is 13.2. The Bertz CT molecular complexity index is 809. The Morgan fingerprint density at radius 2 is 1.91 bits per heavy atom. The van der Waals surface area contributed by atoms with Crippen LogP contribution in [0.25, 0.3) is 0 Å². The van der Waals surface area contributed by atoms with Crippen molar-refractivity contribution in [1.82, 2.24) is 0 Å². The number of hydrogen-bond donors (Lipinski definition) is 1. The fraction of sp³-hybridized carbons (Fsp3) is 0.500. The number of alkyl halides is 1. The second-order valence-corrected chi connectivity index (χ2v) is 9.41. The maximum absolute atomic E-state index is 12.4. The van der Waals surface area contributed by atoms with Gasteiger partial charge >= 0.3 is 5.97 Å². The first-order valence-electron chi connectivity index (χ1n) is 10.7. The van der Waals surface area contributed by atoms with Crippen LogP contribution in [-0.2, 0) is 14.3 Å². The number of benzene rings is 1. The molecule has 0 saturated heterocycles. The van der Waals surface area contributed by atoms with Gasteiger partial charge in [-0.3, -0.25) is 9.59 Å². The van der Waals surface area contributed by atoms with E-state index in [1.54, 1.807) is 29.2 Å². The lowest BCUT2D eigenvalue weighted by atomic mass is 9.90. The first kappa shape index (κ1) is 26.7. The molecule has 1 aliphatic carbocycles. The minimum atomic E-state index is -0.605. The number of allylic oxidation sites excluding steroid dienone is 2. The van der Waals surface area contributed by atoms with Gasteiger partial charge in [0.2, 0.25) is 5.91 Å². The van der Waals surface area contributed by atoms with Crippen LogP contribution in [-0.4, -0.2) is 41.6 Å². The van der Waals surface area contributed by atoms with Gasteiger partial charge < -0.3 is 14.7 Å². The van der Waals surface area contributed by atoms with Crippen LogP contribution < -0.4 is 4.90 Å². The van der Waals surface area contributed by atoms with Crippen LogP contribution in [0.15, 0.2) is 43.0 Å². The van der Waals surface area contributed by atoms with Crippen LogP contribution in [0.3, 0.4) is 0 Å². The number of rotatable bonds is 11. The first-order valence-corrected chi connectivity index (χ1v) is 11.9. The lowest BCUT2D eigenvalue weighted by Crippen LogP contribution is -2.38. The van der Waals surface area contributed by atoms with Crippen molar-refractivity contribution >= 4 is 52.4 Å². The van der Waals surface area contributed by atoms with Crippen LogP contribution in [0.5, 0.6) is 0 Å². The summed E-state index contributed by atoms with van der Waals surface area (Å²) < 4.78 is 4.95. The van der Waals surface area contributed by atoms with Crippen molar-refractivity contribution in [3.63, 3.8) is 0 Å². The zero-order valence-corrected chi connectivity index (χ0v) is 20.5. The molecule has 0 bridgehead atoms. The largest absolute Gasteiger partial charge is 0.461 e. The van der Waals surface area contributed by atoms with Gasteiger partial charge in [0, 0.05) is 46.9 Å². The molecule has 0 spiro atoms. The third kappa shape index (κ3) is 8.11. The Hall–Kier alpha value is -1.53. The van der Waals surface area contributed by atoms with E-state index in [0.717, 1.165) is 6.42 Å². The Morgan fingerprint density at radius 3 is 2.53 bits per heavy atom. The number of hydrogen-bond acceptors (Lipinski definition) is 4. The van der Waals surface area contributed by atoms with Gasteiger partial charge in [0.25, 0.3) is 0 Å². The third-order valence-corrected chi connectivity index (χ3v) is 6.53. The SMILES string of the molecule is C=CCOC(=O)CCCC=CC[C@@H]1[C@@H](CN(C(C)=O)c2cc(Cl)cc(Cl)c2)[C@H](O)C[C@H]1Cl. The predicted molar refractivity (Wildman–Crippen MR) is 130 cm³/mol. The highest BCUT2D eigenvalue weighted by Crippen LogP contribution is 2.40. The summed E-state index contributed by atoms with van der Waals surface area (Å²) in [5.41, 5.74) is 0.595. The summed E-state index contributed by atoms with van der Waals surface area (Å²) in [6.45, 7) is 5.54. The number of carbonyl (C=O) groups excluding carboxylic acids is 2. The number of ether oxygens (including phenoxy) is 1. The van der Waals surface area contributed by atoms with E-state index in [0.29, 0.717) is 48.0 Å². The van der Waals surface area contributed by atoms with Gasteiger partial charge in [0.15, 0.2) is 0 Å². The molecule has 1 saturated carbocycles. The van der Waals surface area contributed by atoms with Gasteiger partial charge in [-0.1, -0.05) is 48.0 Å². The van der Waals surface area contributed by atoms with Crippen molar-refractivity contribution in [3.05, 3.63) is 53.1 Å². The van der Waals surface area contributed by atoms with E-state index in [4.69, 9.17) is 39.5 Å². The number of anilines is 1. The van der Waals surface area contributed by atoms with E-state index in [-0.39, 0.29) is 35.7 Å². The van der Waals surface area contributed by atoms with Crippen LogP contribution in [0.2, 0.25) is 10.0 Å². The van der Waals surface area contributed by atoms with Crippen LogP contribution in [0.1, 0.15) is 39.0 Å². The van der Waals surface area contributed by atoms with Gasteiger partial charge in [-0.25, -0.2) is 0 Å². The summed E-state index contributed by atoms with van der Waals surface area (Å²) in [5, 5.41) is 11.3. The number of halogens is 3. The Kier molecular flexibility index (Phi) is 11.1. The van der Waals surface area contributed by atoms with Crippen LogP contribution in [0, 0.1) is 11.8 Å². The average molecular weight is 503 g/mol. The highest BCUT2D eigenvalue weighted by atomic mass is 35.5. The highest BCUT2D eigenvalue weighted by Gasteiger charge is 2.42. The molecule has 1 fully saturated rings. The van der Waals surface area contributed by atoms with E-state index >= 15 is 0 Å². The second-order valence-electron chi connectivity index (χ2n) is 7.98. The van der Waals surface area contributed by atoms with Crippen molar-refractivity contribution in [1.29, 1.82) is 0 Å². The molecule has 4 atom stereocenters. The van der Waals surface area contributed by atoms with Crippen molar-refractivity contribution in [2.45, 2.75) is 50.5 Å². The summed E-state index contributed by atoms with van der Waals surface area (Å²) in [6, 6.07) is 4.98. The summed E-state index contributed by atoms with van der Waals surface area (Å²) in [6.07, 6.45) is 7.95. The minimum absolute atomic E-state index is 0.0111. The van der Waals surface area contributed by atoms with E-state index in [1.165, 1.54) is 6.92 Å². The molecule has 1 aromatic rings. The number of aliphatic hydroxyl groups excluding tert-OH is 1. The Morgan fingerprint density at radius 1 is 1.22 bits per heavy atom. The molecule has 1 amide bonds. The van der Waals surface area contributed by atoms with Gasteiger partial charge in [0.05, 0.1) is 6.10 Å². The number of carbonyl (C=O) groups is 2. The maximum Gasteiger partial charge on any atom is 0.306 e. The van der Waals surface area contributed by atoms with Gasteiger partial charge in [-0.05, 0) is 49.8 Å². The lowest BCUT2D eigenvalue weighted by molar-refractivity contribution is -0.142. The molecule has 1 aromatic carbocycles. The zero-order valence-electron chi connectivity index (χ0n) is 18.2. The molecule has 2 rings (SSSR count). The lowest BCUT2D eigenvalue weighted by Gasteiger charge is -2.30. The smallest absolute Gasteiger partial charge is 0.306 e. The molecule has 0 unspecified atom stereocenters. The molecule has 1 N–H and O–H groups in total. The predicted octanol–water partition coefficient (Wildman–Crippen LogP) is 5.80. The van der Waals surface area contributed by atoms with Crippen LogP contribution >= 0.6 is 34.8 Å². The van der Waals surface area contributed by atoms with E-state index in [1.807, 2.05) is 12.2 Å². The minimum Gasteiger partial charge on any atom is -0.461 e. The monoisotopic (exact) mass is 501 g/mol. The van der Waals surface area contributed by atoms with Crippen molar-refractivity contribution in [2.75, 3.05) is 18.1 Å². The van der Waals surface area contributed by atoms with E-state index in [9.17, 15) is 14.7 Å². The molecular weight excluding hydrogens is 473 g/mol. The molecule has 0 aromatic heterocycles. The third-order valence-electron chi connectivity index (χ3n) is 5.60. The number of aliphatic hydroxyl groups is 1. The first-order chi connectivity index (χ1) is 15.2. The van der Waals surface area contributed by atoms with Crippen molar-refractivity contribution in [3.8, 4) is 0 Å². The Balaban J connectivity index is 1.97. The molecule has 5 nitrogen and oxygen atoms in total. The summed E-state index contributed by atoms with van der Waals surface area (Å²) >= 11 is 18.8. The highest BCUT2D eigenvalue weighted by molar-refractivity contribution is 6.35. The molecule has 176 valence electrons. The molecule has 0 radical (unpaired) electrons. The molecule has 0 heterocycles. The number of nitrogens with zero attached hydrogens (tertiary/aromatic N) is 1. The molecule has 1 aliphatic rings. The van der Waals surface area contributed by atoms with Gasteiger partial charge in [0.1, 0.15) is 6.61 Å². The number of unbranched alkanes of at least 4 members (excludes halogenated alkanes) is 1. The molecule has 8 heteroatoms. The summed E-state index contributed by atoms with van der Waals surface area (Å²) in [4.78, 5) is 25.5. The molecular formula is C24H30Cl3NO4. The number of amides is 1. The van der Waals surface area contributed by atoms with Crippen molar-refractivity contribution in [2.24, 2.45) is 11.8 Å². The summed E-state index contributed by atoms with van der Waals surface area (Å²) in [5.74, 6) is -0.565. The zero-order chi connectivity index (χ0) is 23.7. The standard InChI is InChI=1S/C24H30Cl3NO4/c1-3-10-32-24(31)9-7-5-4-6-8-20-21(23(30)14-22(20)27)15-28(16(2)29)19-12-17(25)11-18(26)13-19/h3-4,6,11-13,20-23,30H,1,5,7-10,14-15H2,2H3/t20-,21-,22-,23-/m1/s1. The number of esters is 1. The Labute approximate surface area is 205 Å². The summed E-state index contributed by atoms with van der Waals surface area (Å²) in [7, 11) is 0. The van der Waals surface area contributed by atoms with Gasteiger partial charge in [-0.15, -0.1) is 11.6 Å². The average Bonchev–Trinajstić information content (AvgIpc) is 2.98. The molecule has 0 aliphatic heterocycles. The van der Waals surface area contributed by atoms with E-state index < -0.39 is 6.10 Å². The fourth-order valence-corrected chi connectivity index (χ4v) is 4.98. The fourth-order valence-electron chi connectivity index (χ4n) is 3.99. The topological polar surface area (TPSA) is 66.8 Å². The maximum atomic E-state index is 12.4. The van der Waals surface area contributed by atoms with Gasteiger partial charge in [-0.2, -0.15) is 0 Å².